The van der Waals surface area contributed by atoms with E-state index in [0.717, 1.165) is 37.8 Å². The lowest BCUT2D eigenvalue weighted by Gasteiger charge is -2.34. The molecule has 2 saturated carbocycles. The molecule has 5 aliphatic rings. The molecular weight excluding hydrogens is 718 g/mol. The lowest BCUT2D eigenvalue weighted by molar-refractivity contribution is -0.158. The van der Waals surface area contributed by atoms with Crippen molar-refractivity contribution in [3.8, 4) is 0 Å². The number of nitrogens with zero attached hydrogens (tertiary/aromatic N) is 3. The predicted octanol–water partition coefficient (Wildman–Crippen LogP) is 1.36. The molecule has 0 aromatic heterocycles. The maximum absolute atomic E-state index is 14.3. The summed E-state index contributed by atoms with van der Waals surface area (Å²) in [6, 6.07) is -4.28. The van der Waals surface area contributed by atoms with Crippen molar-refractivity contribution in [2.75, 3.05) is 26.7 Å². The first-order valence-electron chi connectivity index (χ1n) is 19.3. The summed E-state index contributed by atoms with van der Waals surface area (Å²) in [4.78, 5) is 99.2. The molecule has 8 atom stereocenters. The van der Waals surface area contributed by atoms with Gasteiger partial charge in [0.05, 0.1) is 0 Å². The Labute approximate surface area is 318 Å². The zero-order valence-corrected chi connectivity index (χ0v) is 31.4. The molecule has 3 aliphatic heterocycles. The fraction of sp³-hybridized carbons (Fsp3) is 0.615. The topological polar surface area (TPSA) is 175 Å². The molecule has 2 aliphatic carbocycles. The first-order chi connectivity index (χ1) is 26.2. The van der Waals surface area contributed by atoms with E-state index >= 15 is 0 Å². The first-order valence-corrected chi connectivity index (χ1v) is 19.3. The van der Waals surface area contributed by atoms with Crippen LogP contribution >= 0.6 is 0 Å². The van der Waals surface area contributed by atoms with Gasteiger partial charge in [-0.1, -0.05) is 18.9 Å². The molecule has 298 valence electrons. The molecule has 6 amide bonds. The van der Waals surface area contributed by atoms with Crippen LogP contribution in [0.15, 0.2) is 30.4 Å². The van der Waals surface area contributed by atoms with Crippen molar-refractivity contribution in [3.63, 3.8) is 0 Å². The Morgan fingerprint density at radius 2 is 1.49 bits per heavy atom. The van der Waals surface area contributed by atoms with Crippen molar-refractivity contribution in [1.29, 1.82) is 0 Å². The minimum absolute atomic E-state index is 0.0671. The van der Waals surface area contributed by atoms with Crippen LogP contribution in [0.2, 0.25) is 0 Å². The van der Waals surface area contributed by atoms with Gasteiger partial charge in [-0.15, -0.1) is 0 Å². The van der Waals surface area contributed by atoms with Crippen LogP contribution in [0.1, 0.15) is 70.8 Å². The lowest BCUT2D eigenvalue weighted by atomic mass is 10.0. The van der Waals surface area contributed by atoms with E-state index in [9.17, 15) is 42.3 Å². The Balaban J connectivity index is 1.26. The highest BCUT2D eigenvalue weighted by Gasteiger charge is 2.49. The van der Waals surface area contributed by atoms with Gasteiger partial charge < -0.3 is 35.4 Å². The molecule has 16 heteroatoms. The number of ether oxygens (including phenoxy) is 1. The number of cyclic esters (lactones) is 1. The van der Waals surface area contributed by atoms with Crippen LogP contribution in [0.5, 0.6) is 0 Å². The summed E-state index contributed by atoms with van der Waals surface area (Å²) in [7, 11) is 1.43. The van der Waals surface area contributed by atoms with E-state index < -0.39 is 95.9 Å². The number of hydrogen-bond donors (Lipinski definition) is 3. The molecule has 3 heterocycles. The predicted molar refractivity (Wildman–Crippen MR) is 192 cm³/mol. The largest absolute Gasteiger partial charge is 0.461 e. The van der Waals surface area contributed by atoms with E-state index in [0.29, 0.717) is 30.7 Å². The third-order valence-corrected chi connectivity index (χ3v) is 11.9. The highest BCUT2D eigenvalue weighted by Crippen LogP contribution is 2.56. The number of nitrogens with one attached hydrogen (secondary N) is 3. The maximum Gasteiger partial charge on any atom is 0.328 e. The Bertz CT molecular complexity index is 1710. The second-order valence-corrected chi connectivity index (χ2v) is 15.5. The quantitative estimate of drug-likeness (QED) is 0.276. The Morgan fingerprint density at radius 1 is 0.873 bits per heavy atom. The summed E-state index contributed by atoms with van der Waals surface area (Å²) >= 11 is 0. The molecule has 3 N–H and O–H groups in total. The third-order valence-electron chi connectivity index (χ3n) is 11.9. The van der Waals surface area contributed by atoms with E-state index in [4.69, 9.17) is 4.74 Å². The van der Waals surface area contributed by atoms with Crippen molar-refractivity contribution < 1.29 is 47.1 Å². The van der Waals surface area contributed by atoms with Gasteiger partial charge in [0.1, 0.15) is 54.5 Å². The van der Waals surface area contributed by atoms with E-state index in [2.05, 4.69) is 16.0 Å². The zero-order chi connectivity index (χ0) is 39.6. The number of carbonyl (C=O) groups excluding carboxylic acids is 7. The highest BCUT2D eigenvalue weighted by atomic mass is 19.1. The number of hydrogen-bond acceptors (Lipinski definition) is 8. The van der Waals surface area contributed by atoms with Gasteiger partial charge in [-0.05, 0) is 93.9 Å². The normalized spacial score (nSPS) is 31.0. The van der Waals surface area contributed by atoms with Gasteiger partial charge in [0.2, 0.25) is 35.4 Å². The molecule has 1 aromatic carbocycles. The second kappa shape index (κ2) is 16.9. The van der Waals surface area contributed by atoms with Crippen LogP contribution in [0.25, 0.3) is 0 Å². The molecule has 55 heavy (non-hydrogen) atoms. The standard InChI is InChI=1S/C39H50F2N6O8/c1-21-36(51)47-15-7-11-32(47)39(54)55-20-30(37(52)46-14-6-10-31(46)38(53)45(3)22(2)34(49)42-21)44-35(50)29(18-23-16-24(40)19-25(41)17-23)43-33(48)13-12-28-26-8-4-5-9-27(26)28/h12-13,16-17,19,21-22,26-32H,4-11,14-15,18,20H2,1-3H3,(H,42,49)(H,43,48)(H,44,50)/t21-,22-,26?,27?,28?,29-,30-,31-,32-/m0/s1. The third kappa shape index (κ3) is 8.99. The maximum atomic E-state index is 14.3. The molecule has 2 unspecified atom stereocenters. The highest BCUT2D eigenvalue weighted by molar-refractivity contribution is 5.98. The zero-order valence-electron chi connectivity index (χ0n) is 31.4. The molecule has 0 bridgehead atoms. The fourth-order valence-corrected chi connectivity index (χ4v) is 8.64. The number of halogens is 2. The van der Waals surface area contributed by atoms with Gasteiger partial charge in [-0.3, -0.25) is 28.8 Å². The van der Waals surface area contributed by atoms with Crippen molar-refractivity contribution in [1.82, 2.24) is 30.7 Å². The average Bonchev–Trinajstić information content (AvgIpc) is 3.45. The molecule has 3 saturated heterocycles. The van der Waals surface area contributed by atoms with Gasteiger partial charge in [-0.2, -0.15) is 0 Å². The number of allylic oxidation sites excluding steroid dienone is 1. The van der Waals surface area contributed by atoms with Crippen LogP contribution in [0, 0.1) is 29.4 Å². The Kier molecular flexibility index (Phi) is 12.2. The van der Waals surface area contributed by atoms with Gasteiger partial charge in [0.25, 0.3) is 0 Å². The summed E-state index contributed by atoms with van der Waals surface area (Å²) in [5.41, 5.74) is 0.0671. The molecule has 6 rings (SSSR count). The van der Waals surface area contributed by atoms with Gasteiger partial charge >= 0.3 is 5.97 Å². The van der Waals surface area contributed by atoms with Gasteiger partial charge in [0, 0.05) is 32.6 Å². The Morgan fingerprint density at radius 3 is 2.15 bits per heavy atom. The number of amides is 6. The van der Waals surface area contributed by atoms with Crippen molar-refractivity contribution in [2.45, 2.75) is 108 Å². The van der Waals surface area contributed by atoms with Crippen molar-refractivity contribution in [3.05, 3.63) is 47.5 Å². The molecular formula is C39H50F2N6O8. The van der Waals surface area contributed by atoms with E-state index in [1.165, 1.54) is 41.7 Å². The number of carbonyl (C=O) groups is 7. The summed E-state index contributed by atoms with van der Waals surface area (Å²) in [5, 5.41) is 7.85. The fourth-order valence-electron chi connectivity index (χ4n) is 8.64. The number of rotatable bonds is 7. The molecule has 0 radical (unpaired) electrons. The summed E-state index contributed by atoms with van der Waals surface area (Å²) in [6.07, 6.45) is 8.78. The Hall–Kier alpha value is -4.89. The summed E-state index contributed by atoms with van der Waals surface area (Å²) in [6.45, 7) is 2.67. The lowest BCUT2D eigenvalue weighted by Crippen LogP contribution is -2.60. The van der Waals surface area contributed by atoms with Crippen LogP contribution in [0.4, 0.5) is 8.78 Å². The monoisotopic (exact) mass is 768 g/mol. The summed E-state index contributed by atoms with van der Waals surface area (Å²) < 4.78 is 34.1. The molecule has 1 aromatic rings. The number of esters is 1. The SMILES string of the molecule is C[C@@H]1NC(=O)[C@H](C)N(C)C(=O)[C@@H]2CCCN2C(=O)[C@@H](NC(=O)[C@H](Cc2cc(F)cc(F)c2)NC(=O)C=CC2C3CCCCC23)COC(=O)[C@@H]2CCCN2C1=O. The van der Waals surface area contributed by atoms with Crippen molar-refractivity contribution in [2.24, 2.45) is 17.8 Å². The average molecular weight is 769 g/mol. The van der Waals surface area contributed by atoms with Crippen LogP contribution in [-0.2, 0) is 44.7 Å². The first kappa shape index (κ1) is 39.8. The molecule has 14 nitrogen and oxygen atoms in total. The van der Waals surface area contributed by atoms with E-state index in [1.807, 2.05) is 6.08 Å². The smallest absolute Gasteiger partial charge is 0.328 e. The number of benzene rings is 1. The van der Waals surface area contributed by atoms with Crippen LogP contribution < -0.4 is 16.0 Å². The number of fused-ring (bicyclic) bond motifs is 3. The van der Waals surface area contributed by atoms with Gasteiger partial charge in [-0.25, -0.2) is 13.6 Å². The number of likely N-dealkylation sites (N-methyl/N-ethyl adjacent to an activating group) is 1. The second-order valence-electron chi connectivity index (χ2n) is 15.5. The van der Waals surface area contributed by atoms with Crippen molar-refractivity contribution >= 4 is 41.4 Å². The minimum Gasteiger partial charge on any atom is -0.461 e. The summed E-state index contributed by atoms with van der Waals surface area (Å²) in [5.74, 6) is -5.17. The molecule has 0 spiro atoms. The van der Waals surface area contributed by atoms with E-state index in [1.54, 1.807) is 0 Å². The van der Waals surface area contributed by atoms with Crippen LogP contribution in [-0.4, -0.2) is 119 Å². The van der Waals surface area contributed by atoms with Gasteiger partial charge in [0.15, 0.2) is 0 Å². The molecule has 5 fully saturated rings. The van der Waals surface area contributed by atoms with Crippen LogP contribution in [0.3, 0.4) is 0 Å². The minimum atomic E-state index is -1.55. The van der Waals surface area contributed by atoms with E-state index in [-0.39, 0.29) is 43.8 Å².